The topological polar surface area (TPSA) is 46.2 Å². The molecule has 0 aromatic heterocycles. The van der Waals surface area contributed by atoms with E-state index in [1.165, 1.54) is 0 Å². The van der Waals surface area contributed by atoms with E-state index in [2.05, 4.69) is 15.9 Å². The van der Waals surface area contributed by atoms with E-state index in [9.17, 15) is 5.11 Å². The molecule has 0 heterocycles. The van der Waals surface area contributed by atoms with Crippen LogP contribution in [0.5, 0.6) is 5.75 Å². The fraction of sp³-hybridized carbons (Fsp3) is 0.400. The maximum Gasteiger partial charge on any atom is 0.118 e. The highest BCUT2D eigenvalue weighted by molar-refractivity contribution is 9.10. The zero-order chi connectivity index (χ0) is 9.84. The quantitative estimate of drug-likeness (QED) is 0.857. The molecule has 72 valence electrons. The number of aromatic hydroxyl groups is 1. The standard InChI is InChI=1S/C10H14BrNO/c1-7(12)2-3-8-6-9(11)4-5-10(8)13/h4-7,13H,2-3,12H2,1H3/t7-/m1/s1. The van der Waals surface area contributed by atoms with Crippen molar-refractivity contribution in [2.75, 3.05) is 0 Å². The van der Waals surface area contributed by atoms with Crippen LogP contribution in [-0.4, -0.2) is 11.1 Å². The summed E-state index contributed by atoms with van der Waals surface area (Å²) >= 11 is 3.36. The van der Waals surface area contributed by atoms with Crippen LogP contribution >= 0.6 is 15.9 Å². The maximum absolute atomic E-state index is 9.49. The van der Waals surface area contributed by atoms with Gasteiger partial charge in [0.2, 0.25) is 0 Å². The van der Waals surface area contributed by atoms with Crippen LogP contribution in [0.4, 0.5) is 0 Å². The number of nitrogens with two attached hydrogens (primary N) is 1. The summed E-state index contributed by atoms with van der Waals surface area (Å²) in [5.74, 6) is 0.351. The number of benzene rings is 1. The van der Waals surface area contributed by atoms with Gasteiger partial charge in [0, 0.05) is 10.5 Å². The molecule has 0 fully saturated rings. The Balaban J connectivity index is 2.70. The molecule has 0 bridgehead atoms. The molecule has 1 rings (SSSR count). The molecule has 1 aromatic carbocycles. The molecule has 0 unspecified atom stereocenters. The van der Waals surface area contributed by atoms with E-state index in [0.29, 0.717) is 5.75 Å². The minimum atomic E-state index is 0.179. The molecule has 0 aliphatic carbocycles. The molecule has 13 heavy (non-hydrogen) atoms. The Morgan fingerprint density at radius 2 is 2.23 bits per heavy atom. The van der Waals surface area contributed by atoms with Crippen molar-refractivity contribution in [1.29, 1.82) is 0 Å². The molecular formula is C10H14BrNO. The van der Waals surface area contributed by atoms with Crippen LogP contribution in [0.2, 0.25) is 0 Å². The number of rotatable bonds is 3. The molecule has 0 saturated heterocycles. The molecule has 1 aromatic rings. The van der Waals surface area contributed by atoms with Crippen LogP contribution in [0.15, 0.2) is 22.7 Å². The van der Waals surface area contributed by atoms with E-state index in [-0.39, 0.29) is 6.04 Å². The first-order valence-electron chi connectivity index (χ1n) is 4.32. The largest absolute Gasteiger partial charge is 0.508 e. The predicted octanol–water partition coefficient (Wildman–Crippen LogP) is 2.43. The molecule has 0 amide bonds. The summed E-state index contributed by atoms with van der Waals surface area (Å²) in [5.41, 5.74) is 6.59. The second-order valence-electron chi connectivity index (χ2n) is 3.29. The molecular weight excluding hydrogens is 230 g/mol. The van der Waals surface area contributed by atoms with E-state index < -0.39 is 0 Å². The van der Waals surface area contributed by atoms with Crippen molar-refractivity contribution < 1.29 is 5.11 Å². The lowest BCUT2D eigenvalue weighted by Crippen LogP contribution is -2.15. The monoisotopic (exact) mass is 243 g/mol. The van der Waals surface area contributed by atoms with E-state index in [1.54, 1.807) is 6.07 Å². The third kappa shape index (κ3) is 3.36. The number of aryl methyl sites for hydroxylation is 1. The summed E-state index contributed by atoms with van der Waals surface area (Å²) in [6, 6.07) is 5.63. The van der Waals surface area contributed by atoms with Crippen molar-refractivity contribution in [3.63, 3.8) is 0 Å². The smallest absolute Gasteiger partial charge is 0.118 e. The molecule has 1 atom stereocenters. The molecule has 3 N–H and O–H groups in total. The van der Waals surface area contributed by atoms with Crippen LogP contribution in [-0.2, 0) is 6.42 Å². The molecule has 0 saturated carbocycles. The Morgan fingerprint density at radius 3 is 2.85 bits per heavy atom. The summed E-state index contributed by atoms with van der Waals surface area (Å²) in [7, 11) is 0. The van der Waals surface area contributed by atoms with Gasteiger partial charge in [-0.05, 0) is 43.5 Å². The lowest BCUT2D eigenvalue weighted by Gasteiger charge is -2.07. The van der Waals surface area contributed by atoms with Crippen LogP contribution in [0.1, 0.15) is 18.9 Å². The second-order valence-corrected chi connectivity index (χ2v) is 4.20. The number of hydrogen-bond donors (Lipinski definition) is 2. The number of phenolic OH excluding ortho intramolecular Hbond substituents is 1. The highest BCUT2D eigenvalue weighted by Gasteiger charge is 2.03. The van der Waals surface area contributed by atoms with Gasteiger partial charge in [0.25, 0.3) is 0 Å². The fourth-order valence-electron chi connectivity index (χ4n) is 1.14. The first-order chi connectivity index (χ1) is 6.09. The first-order valence-corrected chi connectivity index (χ1v) is 5.12. The van der Waals surface area contributed by atoms with Gasteiger partial charge in [0.1, 0.15) is 5.75 Å². The molecule has 2 nitrogen and oxygen atoms in total. The first kappa shape index (κ1) is 10.5. The van der Waals surface area contributed by atoms with Crippen molar-refractivity contribution in [3.8, 4) is 5.75 Å². The minimum Gasteiger partial charge on any atom is -0.508 e. The van der Waals surface area contributed by atoms with Gasteiger partial charge < -0.3 is 10.8 Å². The fourth-order valence-corrected chi connectivity index (χ4v) is 1.55. The van der Waals surface area contributed by atoms with Crippen molar-refractivity contribution in [3.05, 3.63) is 28.2 Å². The van der Waals surface area contributed by atoms with Crippen LogP contribution in [0.3, 0.4) is 0 Å². The Labute approximate surface area is 86.9 Å². The van der Waals surface area contributed by atoms with Crippen molar-refractivity contribution in [2.45, 2.75) is 25.8 Å². The molecule has 0 radical (unpaired) electrons. The van der Waals surface area contributed by atoms with Gasteiger partial charge in [-0.1, -0.05) is 15.9 Å². The molecule has 0 spiro atoms. The van der Waals surface area contributed by atoms with Crippen LogP contribution < -0.4 is 5.73 Å². The Morgan fingerprint density at radius 1 is 1.54 bits per heavy atom. The van der Waals surface area contributed by atoms with E-state index >= 15 is 0 Å². The van der Waals surface area contributed by atoms with Gasteiger partial charge in [-0.15, -0.1) is 0 Å². The van der Waals surface area contributed by atoms with Crippen molar-refractivity contribution in [1.82, 2.24) is 0 Å². The summed E-state index contributed by atoms with van der Waals surface area (Å²) in [5, 5.41) is 9.49. The summed E-state index contributed by atoms with van der Waals surface area (Å²) in [6.45, 7) is 1.97. The molecule has 0 aliphatic rings. The van der Waals surface area contributed by atoms with Gasteiger partial charge in [0.15, 0.2) is 0 Å². The summed E-state index contributed by atoms with van der Waals surface area (Å²) < 4.78 is 0.991. The van der Waals surface area contributed by atoms with Crippen molar-refractivity contribution in [2.24, 2.45) is 5.73 Å². The van der Waals surface area contributed by atoms with E-state index in [4.69, 9.17) is 5.73 Å². The van der Waals surface area contributed by atoms with E-state index in [0.717, 1.165) is 22.9 Å². The average Bonchev–Trinajstić information content (AvgIpc) is 2.06. The molecule has 0 aliphatic heterocycles. The van der Waals surface area contributed by atoms with Crippen LogP contribution in [0.25, 0.3) is 0 Å². The minimum absolute atomic E-state index is 0.179. The Bertz CT molecular complexity index is 286. The van der Waals surface area contributed by atoms with Gasteiger partial charge in [-0.2, -0.15) is 0 Å². The summed E-state index contributed by atoms with van der Waals surface area (Å²) in [6.07, 6.45) is 1.72. The van der Waals surface area contributed by atoms with Gasteiger partial charge >= 0.3 is 0 Å². The van der Waals surface area contributed by atoms with Crippen molar-refractivity contribution >= 4 is 15.9 Å². The van der Waals surface area contributed by atoms with Crippen LogP contribution in [0, 0.1) is 0 Å². The number of halogens is 1. The predicted molar refractivity (Wildman–Crippen MR) is 57.8 cm³/mol. The van der Waals surface area contributed by atoms with Gasteiger partial charge in [0.05, 0.1) is 0 Å². The van der Waals surface area contributed by atoms with Gasteiger partial charge in [-0.3, -0.25) is 0 Å². The van der Waals surface area contributed by atoms with E-state index in [1.807, 2.05) is 19.1 Å². The van der Waals surface area contributed by atoms with Gasteiger partial charge in [-0.25, -0.2) is 0 Å². The highest BCUT2D eigenvalue weighted by Crippen LogP contribution is 2.23. The summed E-state index contributed by atoms with van der Waals surface area (Å²) in [4.78, 5) is 0. The highest BCUT2D eigenvalue weighted by atomic mass is 79.9. The zero-order valence-electron chi connectivity index (χ0n) is 7.63. The lowest BCUT2D eigenvalue weighted by atomic mass is 10.1. The SMILES string of the molecule is C[C@@H](N)CCc1cc(Br)ccc1O. The normalized spacial score (nSPS) is 12.8. The molecule has 3 heteroatoms. The third-order valence-corrected chi connectivity index (χ3v) is 2.40. The maximum atomic E-state index is 9.49. The Kier molecular flexibility index (Phi) is 3.75. The lowest BCUT2D eigenvalue weighted by molar-refractivity contribution is 0.465. The second kappa shape index (κ2) is 4.63. The Hall–Kier alpha value is -0.540. The number of hydrogen-bond acceptors (Lipinski definition) is 2. The zero-order valence-corrected chi connectivity index (χ0v) is 9.21. The average molecular weight is 244 g/mol. The number of phenols is 1. The third-order valence-electron chi connectivity index (χ3n) is 1.91.